The van der Waals surface area contributed by atoms with E-state index in [4.69, 9.17) is 14.5 Å². The van der Waals surface area contributed by atoms with Crippen molar-refractivity contribution in [2.24, 2.45) is 0 Å². The van der Waals surface area contributed by atoms with Crippen LogP contribution < -0.4 is 20.9 Å². The molecule has 10 nitrogen and oxygen atoms in total. The lowest BCUT2D eigenvalue weighted by molar-refractivity contribution is 0.122. The van der Waals surface area contributed by atoms with E-state index in [0.717, 1.165) is 95.3 Å². The first-order valence-electron chi connectivity index (χ1n) is 17.6. The van der Waals surface area contributed by atoms with Gasteiger partial charge in [-0.25, -0.2) is 4.98 Å². The molecule has 0 amide bonds. The largest absolute Gasteiger partial charge is 0.378 e. The fourth-order valence-electron chi connectivity index (χ4n) is 7.12. The fraction of sp³-hybridized carbons (Fsp3) is 0.325. The Morgan fingerprint density at radius 3 is 1.76 bits per heavy atom. The van der Waals surface area contributed by atoms with E-state index in [2.05, 4.69) is 85.6 Å². The summed E-state index contributed by atoms with van der Waals surface area (Å²) in [6, 6.07) is 26.3. The van der Waals surface area contributed by atoms with Crippen molar-refractivity contribution in [3.63, 3.8) is 0 Å². The van der Waals surface area contributed by atoms with E-state index < -0.39 is 0 Å². The number of rotatable bonds is 6. The summed E-state index contributed by atoms with van der Waals surface area (Å²) in [6.07, 6.45) is 2.06. The summed E-state index contributed by atoms with van der Waals surface area (Å²) >= 11 is 2.32. The third-order valence-corrected chi connectivity index (χ3v) is 10.3. The third-order valence-electron chi connectivity index (χ3n) is 9.60. The Hall–Kier alpha value is -4.46. The van der Waals surface area contributed by atoms with E-state index in [1.165, 1.54) is 3.57 Å². The first kappa shape index (κ1) is 35.0. The van der Waals surface area contributed by atoms with E-state index in [0.29, 0.717) is 26.3 Å². The van der Waals surface area contributed by atoms with E-state index in [1.807, 2.05) is 54.2 Å². The molecule has 3 aromatic heterocycles. The minimum atomic E-state index is 0.0349. The summed E-state index contributed by atoms with van der Waals surface area (Å²) in [5.74, 6) is 0.911. The van der Waals surface area contributed by atoms with E-state index in [9.17, 15) is 9.59 Å². The number of hydrogen-bond donors (Lipinski definition) is 0. The maximum absolute atomic E-state index is 12.8. The number of anilines is 2. The first-order chi connectivity index (χ1) is 24.9. The van der Waals surface area contributed by atoms with Gasteiger partial charge in [-0.2, -0.15) is 0 Å². The number of benzene rings is 3. The Balaban J connectivity index is 0.000000175. The summed E-state index contributed by atoms with van der Waals surface area (Å²) < 4.78 is 17.9. The van der Waals surface area contributed by atoms with Crippen LogP contribution in [0.1, 0.15) is 19.5 Å². The van der Waals surface area contributed by atoms with Gasteiger partial charge in [0.25, 0.3) is 11.1 Å². The van der Waals surface area contributed by atoms with Crippen molar-refractivity contribution in [1.29, 1.82) is 0 Å². The number of aromatic nitrogens is 4. The molecule has 0 unspecified atom stereocenters. The van der Waals surface area contributed by atoms with Crippen LogP contribution in [0.25, 0.3) is 38.9 Å². The van der Waals surface area contributed by atoms with Gasteiger partial charge in [0.2, 0.25) is 0 Å². The Morgan fingerprint density at radius 1 is 0.686 bits per heavy atom. The molecule has 0 radical (unpaired) electrons. The molecule has 0 N–H and O–H groups in total. The third kappa shape index (κ3) is 7.19. The quantitative estimate of drug-likeness (QED) is 0.179. The van der Waals surface area contributed by atoms with Crippen molar-refractivity contribution >= 4 is 55.8 Å². The molecule has 8 rings (SSSR count). The second-order valence-corrected chi connectivity index (χ2v) is 14.0. The standard InChI is InChI=1S/C25H26N4O2.C15H17IN2O2/c1-3-28-22-10-9-20(29-17-18(2)26-25(29)19-7-5-4-6-8-19)15-21(22)23(16-24(28)30)27-11-13-31-14-12-27;1-2-18-13-4-3-11(16)9-12(13)14(10-15(18)19)17-5-7-20-8-6-17/h4-10,15-17H,3,11-14H2,1-2H3;3-4,9-10H,2,5-8H2,1H3. The smallest absolute Gasteiger partial charge is 0.253 e. The molecule has 6 aromatic rings. The fourth-order valence-corrected chi connectivity index (χ4v) is 7.61. The number of morpholine rings is 2. The van der Waals surface area contributed by atoms with Crippen LogP contribution in [0.5, 0.6) is 0 Å². The van der Waals surface area contributed by atoms with Crippen LogP contribution >= 0.6 is 22.6 Å². The number of imidazole rings is 1. The zero-order valence-electron chi connectivity index (χ0n) is 29.3. The Labute approximate surface area is 311 Å². The molecular weight excluding hydrogens is 755 g/mol. The molecule has 51 heavy (non-hydrogen) atoms. The lowest BCUT2D eigenvalue weighted by atomic mass is 10.1. The second kappa shape index (κ2) is 15.4. The van der Waals surface area contributed by atoms with Gasteiger partial charge in [0.05, 0.1) is 54.5 Å². The molecule has 2 aliphatic rings. The summed E-state index contributed by atoms with van der Waals surface area (Å²) in [5, 5.41) is 2.23. The molecule has 264 valence electrons. The molecule has 5 heterocycles. The highest BCUT2D eigenvalue weighted by Gasteiger charge is 2.19. The monoisotopic (exact) mass is 798 g/mol. The van der Waals surface area contributed by atoms with Crippen molar-refractivity contribution in [3.05, 3.63) is 115 Å². The zero-order chi connectivity index (χ0) is 35.5. The van der Waals surface area contributed by atoms with Gasteiger partial charge in [-0.15, -0.1) is 0 Å². The molecule has 2 saturated heterocycles. The molecule has 2 aliphatic heterocycles. The van der Waals surface area contributed by atoms with Crippen molar-refractivity contribution < 1.29 is 9.47 Å². The maximum Gasteiger partial charge on any atom is 0.253 e. The van der Waals surface area contributed by atoms with Gasteiger partial charge in [0.15, 0.2) is 0 Å². The minimum absolute atomic E-state index is 0.0349. The molecule has 0 atom stereocenters. The highest BCUT2D eigenvalue weighted by Crippen LogP contribution is 2.31. The minimum Gasteiger partial charge on any atom is -0.378 e. The van der Waals surface area contributed by atoms with Crippen LogP contribution in [0, 0.1) is 10.5 Å². The topological polar surface area (TPSA) is 86.8 Å². The lowest BCUT2D eigenvalue weighted by Gasteiger charge is -2.30. The van der Waals surface area contributed by atoms with Crippen LogP contribution in [0.4, 0.5) is 11.4 Å². The normalized spacial score (nSPS) is 14.9. The highest BCUT2D eigenvalue weighted by atomic mass is 127. The summed E-state index contributed by atoms with van der Waals surface area (Å²) in [5.41, 5.74) is 7.16. The molecular formula is C40H43IN6O4. The van der Waals surface area contributed by atoms with Gasteiger partial charge in [-0.05, 0) is 79.8 Å². The maximum atomic E-state index is 12.8. The van der Waals surface area contributed by atoms with Crippen LogP contribution in [0.2, 0.25) is 0 Å². The van der Waals surface area contributed by atoms with Gasteiger partial charge in [0.1, 0.15) is 5.82 Å². The molecule has 0 spiro atoms. The molecule has 3 aromatic carbocycles. The van der Waals surface area contributed by atoms with Gasteiger partial charge in [0, 0.05) is 83.2 Å². The van der Waals surface area contributed by atoms with Crippen LogP contribution in [-0.4, -0.2) is 71.3 Å². The molecule has 0 saturated carbocycles. The van der Waals surface area contributed by atoms with Crippen molar-refractivity contribution in [2.75, 3.05) is 62.4 Å². The van der Waals surface area contributed by atoms with E-state index in [1.54, 1.807) is 12.1 Å². The number of nitrogens with zero attached hydrogens (tertiary/aromatic N) is 6. The number of aryl methyl sites for hydroxylation is 3. The number of pyridine rings is 2. The van der Waals surface area contributed by atoms with Crippen molar-refractivity contribution in [1.82, 2.24) is 18.7 Å². The number of hydrogen-bond acceptors (Lipinski definition) is 7. The average molecular weight is 799 g/mol. The lowest BCUT2D eigenvalue weighted by Crippen LogP contribution is -2.37. The Kier molecular flexibility index (Phi) is 10.6. The summed E-state index contributed by atoms with van der Waals surface area (Å²) in [7, 11) is 0. The summed E-state index contributed by atoms with van der Waals surface area (Å²) in [4.78, 5) is 34.4. The highest BCUT2D eigenvalue weighted by molar-refractivity contribution is 14.1. The van der Waals surface area contributed by atoms with E-state index in [-0.39, 0.29) is 11.1 Å². The van der Waals surface area contributed by atoms with E-state index >= 15 is 0 Å². The number of halogens is 1. The zero-order valence-corrected chi connectivity index (χ0v) is 31.5. The van der Waals surface area contributed by atoms with Gasteiger partial charge in [-0.3, -0.25) is 14.2 Å². The Bertz CT molecular complexity index is 2290. The SMILES string of the molecule is CCn1c(=O)cc(N2CCOCC2)c2cc(-n3cc(C)nc3-c3ccccc3)ccc21.CCn1c(=O)cc(N2CCOCC2)c2cc(I)ccc21. The number of fused-ring (bicyclic) bond motifs is 2. The van der Waals surface area contributed by atoms with Gasteiger partial charge in [-0.1, -0.05) is 30.3 Å². The second-order valence-electron chi connectivity index (χ2n) is 12.7. The molecule has 0 aliphatic carbocycles. The van der Waals surface area contributed by atoms with Gasteiger partial charge < -0.3 is 28.4 Å². The summed E-state index contributed by atoms with van der Waals surface area (Å²) in [6.45, 7) is 13.4. The average Bonchev–Trinajstić information content (AvgIpc) is 3.57. The first-order valence-corrected chi connectivity index (χ1v) is 18.7. The molecule has 0 bridgehead atoms. The Morgan fingerprint density at radius 2 is 1.22 bits per heavy atom. The molecule has 11 heteroatoms. The van der Waals surface area contributed by atoms with Crippen LogP contribution in [0.3, 0.4) is 0 Å². The van der Waals surface area contributed by atoms with Crippen LogP contribution in [0.15, 0.2) is 94.6 Å². The molecule has 2 fully saturated rings. The van der Waals surface area contributed by atoms with Crippen molar-refractivity contribution in [2.45, 2.75) is 33.9 Å². The van der Waals surface area contributed by atoms with Gasteiger partial charge >= 0.3 is 0 Å². The predicted octanol–water partition coefficient (Wildman–Crippen LogP) is 6.48. The predicted molar refractivity (Wildman–Crippen MR) is 214 cm³/mol. The van der Waals surface area contributed by atoms with Crippen LogP contribution in [-0.2, 0) is 22.6 Å². The number of ether oxygens (including phenoxy) is 2. The van der Waals surface area contributed by atoms with Crippen molar-refractivity contribution in [3.8, 4) is 17.1 Å².